The van der Waals surface area contributed by atoms with Crippen molar-refractivity contribution in [2.75, 3.05) is 0 Å². The lowest BCUT2D eigenvalue weighted by Gasteiger charge is -2.19. The third-order valence-corrected chi connectivity index (χ3v) is 6.00. The van der Waals surface area contributed by atoms with Crippen LogP contribution in [0.5, 0.6) is 0 Å². The predicted octanol–water partition coefficient (Wildman–Crippen LogP) is 6.65. The monoisotopic (exact) mass is 483 g/mol. The van der Waals surface area contributed by atoms with E-state index in [1.807, 2.05) is 0 Å². The smallest absolute Gasteiger partial charge is 0.270 e. The average Bonchev–Trinajstić information content (AvgIpc) is 3.01. The second-order valence-corrected chi connectivity index (χ2v) is 8.47. The van der Waals surface area contributed by atoms with Crippen LogP contribution in [0.4, 0.5) is 17.6 Å². The molecule has 0 saturated heterocycles. The van der Waals surface area contributed by atoms with E-state index in [-0.39, 0.29) is 34.4 Å². The van der Waals surface area contributed by atoms with Crippen LogP contribution >= 0.6 is 0 Å². The van der Waals surface area contributed by atoms with E-state index in [0.29, 0.717) is 16.7 Å². The lowest BCUT2D eigenvalue weighted by molar-refractivity contribution is -0.140. The Hall–Kier alpha value is -3.74. The number of allylic oxidation sites excluding steroid dienone is 1. The van der Waals surface area contributed by atoms with Gasteiger partial charge in [0.2, 0.25) is 0 Å². The molecule has 2 aromatic carbocycles. The van der Waals surface area contributed by atoms with Crippen LogP contribution in [0.25, 0.3) is 6.08 Å². The maximum atomic E-state index is 13.9. The zero-order valence-electron chi connectivity index (χ0n) is 19.7. The number of aryl methyl sites for hydroxylation is 3. The maximum Gasteiger partial charge on any atom is 0.399 e. The number of benzene rings is 2. The van der Waals surface area contributed by atoms with Gasteiger partial charge < -0.3 is 0 Å². The number of halogens is 4. The van der Waals surface area contributed by atoms with Gasteiger partial charge in [-0.25, -0.2) is 4.39 Å². The number of amides is 2. The van der Waals surface area contributed by atoms with Crippen LogP contribution in [0.1, 0.15) is 39.3 Å². The van der Waals surface area contributed by atoms with E-state index >= 15 is 0 Å². The van der Waals surface area contributed by atoms with Crippen molar-refractivity contribution in [3.8, 4) is 0 Å². The topological polar surface area (TPSA) is 37.4 Å². The molecule has 3 nitrogen and oxygen atoms in total. The van der Waals surface area contributed by atoms with Gasteiger partial charge >= 0.3 is 6.18 Å². The van der Waals surface area contributed by atoms with Gasteiger partial charge in [0.15, 0.2) is 0 Å². The van der Waals surface area contributed by atoms with E-state index in [0.717, 1.165) is 11.0 Å². The molecule has 35 heavy (non-hydrogen) atoms. The van der Waals surface area contributed by atoms with Crippen molar-refractivity contribution in [1.82, 2.24) is 4.90 Å². The normalized spacial score (nSPS) is 15.3. The molecule has 182 valence electrons. The van der Waals surface area contributed by atoms with Gasteiger partial charge in [-0.2, -0.15) is 13.2 Å². The summed E-state index contributed by atoms with van der Waals surface area (Å²) in [5.41, 5.74) is 2.55. The Bertz CT molecular complexity index is 1230. The summed E-state index contributed by atoms with van der Waals surface area (Å²) in [5, 5.41) is 0. The Kier molecular flexibility index (Phi) is 7.29. The Morgan fingerprint density at radius 3 is 1.91 bits per heavy atom. The van der Waals surface area contributed by atoms with Gasteiger partial charge in [-0.15, -0.1) is 0 Å². The van der Waals surface area contributed by atoms with Crippen molar-refractivity contribution in [3.05, 3.63) is 112 Å². The van der Waals surface area contributed by atoms with E-state index in [2.05, 4.69) is 13.2 Å². The third-order valence-electron chi connectivity index (χ3n) is 6.00. The van der Waals surface area contributed by atoms with Gasteiger partial charge in [0.1, 0.15) is 5.82 Å². The number of alkyl halides is 3. The lowest BCUT2D eigenvalue weighted by Crippen LogP contribution is -2.31. The van der Waals surface area contributed by atoms with Crippen molar-refractivity contribution in [1.29, 1.82) is 0 Å². The van der Waals surface area contributed by atoms with Crippen molar-refractivity contribution >= 4 is 17.9 Å². The van der Waals surface area contributed by atoms with Crippen LogP contribution in [-0.2, 0) is 16.1 Å². The van der Waals surface area contributed by atoms with Gasteiger partial charge in [0.25, 0.3) is 11.8 Å². The largest absolute Gasteiger partial charge is 0.399 e. The summed E-state index contributed by atoms with van der Waals surface area (Å²) in [6, 6.07) is 7.40. The van der Waals surface area contributed by atoms with E-state index in [1.54, 1.807) is 25.1 Å². The summed E-state index contributed by atoms with van der Waals surface area (Å²) < 4.78 is 55.3. The molecule has 1 aliphatic rings. The van der Waals surface area contributed by atoms with Crippen LogP contribution in [0, 0.1) is 26.6 Å². The molecule has 0 aromatic heterocycles. The van der Waals surface area contributed by atoms with E-state index in [9.17, 15) is 27.2 Å². The summed E-state index contributed by atoms with van der Waals surface area (Å²) in [6.07, 6.45) is 0.489. The Labute approximate surface area is 201 Å². The second-order valence-electron chi connectivity index (χ2n) is 8.47. The second kappa shape index (κ2) is 9.86. The first-order chi connectivity index (χ1) is 16.4. The first kappa shape index (κ1) is 25.9. The maximum absolute atomic E-state index is 13.9. The van der Waals surface area contributed by atoms with Crippen LogP contribution in [-0.4, -0.2) is 22.9 Å². The van der Waals surface area contributed by atoms with Gasteiger partial charge in [-0.05, 0) is 54.2 Å². The van der Waals surface area contributed by atoms with Gasteiger partial charge in [-0.1, -0.05) is 67.8 Å². The molecular formula is C28H25F4NO2. The number of hydrogen-bond acceptors (Lipinski definition) is 2. The molecule has 1 heterocycles. The number of rotatable bonds is 7. The third kappa shape index (κ3) is 5.19. The number of hydrogen-bond donors (Lipinski definition) is 0. The van der Waals surface area contributed by atoms with Crippen LogP contribution < -0.4 is 0 Å². The highest BCUT2D eigenvalue weighted by molar-refractivity contribution is 6.21. The predicted molar refractivity (Wildman–Crippen MR) is 128 cm³/mol. The highest BCUT2D eigenvalue weighted by Gasteiger charge is 2.39. The van der Waals surface area contributed by atoms with E-state index in [1.165, 1.54) is 44.2 Å². The summed E-state index contributed by atoms with van der Waals surface area (Å²) in [4.78, 5) is 26.2. The minimum Gasteiger partial charge on any atom is -0.270 e. The number of nitrogens with zero attached hydrogens (tertiary/aromatic N) is 1. The summed E-state index contributed by atoms with van der Waals surface area (Å²) in [5.74, 6) is -3.36. The fraction of sp³-hybridized carbons (Fsp3) is 0.214. The Morgan fingerprint density at radius 1 is 0.914 bits per heavy atom. The number of carbonyl (C=O) groups excluding carboxylic acids is 2. The van der Waals surface area contributed by atoms with E-state index < -0.39 is 29.7 Å². The molecule has 2 aromatic rings. The lowest BCUT2D eigenvalue weighted by atomic mass is 9.93. The first-order valence-electron chi connectivity index (χ1n) is 10.9. The van der Waals surface area contributed by atoms with Crippen LogP contribution in [0.15, 0.2) is 72.9 Å². The fourth-order valence-corrected chi connectivity index (χ4v) is 4.10. The molecule has 0 saturated carbocycles. The van der Waals surface area contributed by atoms with Gasteiger partial charge in [0, 0.05) is 0 Å². The fourth-order valence-electron chi connectivity index (χ4n) is 4.10. The number of carbonyl (C=O) groups is 2. The molecular weight excluding hydrogens is 458 g/mol. The van der Waals surface area contributed by atoms with Crippen LogP contribution in [0.2, 0.25) is 0 Å². The molecule has 0 fully saturated rings. The molecule has 1 unspecified atom stereocenters. The number of imide groups is 1. The zero-order chi connectivity index (χ0) is 26.1. The Morgan fingerprint density at radius 2 is 1.46 bits per heavy atom. The first-order valence-corrected chi connectivity index (χ1v) is 10.9. The van der Waals surface area contributed by atoms with Crippen molar-refractivity contribution < 1.29 is 27.2 Å². The highest BCUT2D eigenvalue weighted by atomic mass is 19.4. The average molecular weight is 484 g/mol. The van der Waals surface area contributed by atoms with E-state index in [4.69, 9.17) is 0 Å². The highest BCUT2D eigenvalue weighted by Crippen LogP contribution is 2.38. The Balaban J connectivity index is 1.86. The van der Waals surface area contributed by atoms with Gasteiger partial charge in [0.05, 0.1) is 23.6 Å². The summed E-state index contributed by atoms with van der Waals surface area (Å²) >= 11 is 0. The quantitative estimate of drug-likeness (QED) is 0.327. The standard InChI is InChI=1S/C28H25F4NO2/c1-6-22-23(7-2)27(35)33(26(22)34)15-20-10-8-19(12-16(20)3)9-11-24(28(30,31)32)21-13-17(4)25(29)18(5)14-21/h6-14,24H,1-2,15H2,3-5H3/b11-9+. The SMILES string of the molecule is C=CC1=C(C=C)C(=O)N(Cc2ccc(/C=C/C(c3cc(C)c(F)c(C)c3)C(F)(F)F)cc2C)C1=O. The van der Waals surface area contributed by atoms with Crippen molar-refractivity contribution in [2.24, 2.45) is 0 Å². The molecule has 2 amide bonds. The van der Waals surface area contributed by atoms with Gasteiger partial charge in [-0.3, -0.25) is 14.5 Å². The van der Waals surface area contributed by atoms with Crippen molar-refractivity contribution in [3.63, 3.8) is 0 Å². The molecule has 7 heteroatoms. The summed E-state index contributed by atoms with van der Waals surface area (Å²) in [6.45, 7) is 11.8. The van der Waals surface area contributed by atoms with Crippen molar-refractivity contribution in [2.45, 2.75) is 39.4 Å². The molecule has 0 N–H and O–H groups in total. The molecule has 3 rings (SSSR count). The zero-order valence-corrected chi connectivity index (χ0v) is 19.7. The molecule has 1 atom stereocenters. The molecule has 1 aliphatic heterocycles. The minimum absolute atomic E-state index is 0.0154. The molecule has 0 spiro atoms. The van der Waals surface area contributed by atoms with Crippen LogP contribution in [0.3, 0.4) is 0 Å². The molecule has 0 aliphatic carbocycles. The minimum atomic E-state index is -4.56. The molecule has 0 radical (unpaired) electrons. The summed E-state index contributed by atoms with van der Waals surface area (Å²) in [7, 11) is 0. The molecule has 0 bridgehead atoms.